The average Bonchev–Trinajstić information content (AvgIpc) is 2.76. The van der Waals surface area contributed by atoms with Crippen LogP contribution in [-0.2, 0) is 0 Å². The van der Waals surface area contributed by atoms with Crippen LogP contribution in [-0.4, -0.2) is 19.7 Å². The predicted octanol–water partition coefficient (Wildman–Crippen LogP) is 0.914. The van der Waals surface area contributed by atoms with Gasteiger partial charge in [-0.3, -0.25) is 4.68 Å². The summed E-state index contributed by atoms with van der Waals surface area (Å²) in [6.07, 6.45) is 3.38. The van der Waals surface area contributed by atoms with Crippen LogP contribution >= 0.6 is 0 Å². The first-order chi connectivity index (χ1) is 8.58. The molecule has 0 bridgehead atoms. The molecule has 2 aromatic heterocycles. The summed E-state index contributed by atoms with van der Waals surface area (Å²) >= 11 is 0. The summed E-state index contributed by atoms with van der Waals surface area (Å²) in [4.78, 5) is 7.80. The fraction of sp³-hybridized carbons (Fsp3) is 0.300. The molecule has 0 saturated heterocycles. The summed E-state index contributed by atoms with van der Waals surface area (Å²) in [6.45, 7) is 4.05. The lowest BCUT2D eigenvalue weighted by Gasteiger charge is -2.05. The Balaban J connectivity index is 2.19. The molecule has 0 amide bonds. The highest BCUT2D eigenvalue weighted by atomic mass is 16.5. The first-order valence-corrected chi connectivity index (χ1v) is 5.41. The molecule has 18 heavy (non-hydrogen) atoms. The van der Waals surface area contributed by atoms with Gasteiger partial charge in [-0.2, -0.15) is 15.1 Å². The molecule has 5 N–H and O–H groups in total. The molecule has 0 radical (unpaired) electrons. The van der Waals surface area contributed by atoms with Gasteiger partial charge < -0.3 is 15.9 Å². The Bertz CT molecular complexity index is 537. The van der Waals surface area contributed by atoms with Gasteiger partial charge in [-0.15, -0.1) is 0 Å². The second-order valence-corrected chi connectivity index (χ2v) is 3.95. The van der Waals surface area contributed by atoms with Crippen LogP contribution < -0.4 is 21.7 Å². The second kappa shape index (κ2) is 4.88. The number of hydrazine groups is 1. The molecular weight excluding hydrogens is 234 g/mol. The van der Waals surface area contributed by atoms with Crippen molar-refractivity contribution in [1.82, 2.24) is 19.7 Å². The van der Waals surface area contributed by atoms with Gasteiger partial charge in [0, 0.05) is 12.1 Å². The van der Waals surface area contributed by atoms with Crippen LogP contribution in [0.3, 0.4) is 0 Å². The highest BCUT2D eigenvalue weighted by Crippen LogP contribution is 2.22. The van der Waals surface area contributed by atoms with Crippen molar-refractivity contribution in [3.8, 4) is 11.6 Å². The third kappa shape index (κ3) is 2.66. The van der Waals surface area contributed by atoms with Crippen molar-refractivity contribution in [3.63, 3.8) is 0 Å². The monoisotopic (exact) mass is 249 g/mol. The number of nitrogens with zero attached hydrogens (tertiary/aromatic N) is 4. The number of hydrogen-bond acceptors (Lipinski definition) is 7. The summed E-state index contributed by atoms with van der Waals surface area (Å²) in [6, 6.07) is 1.81. The molecule has 0 atom stereocenters. The molecular formula is C10H15N7O. The van der Waals surface area contributed by atoms with E-state index < -0.39 is 0 Å². The number of nitrogens with one attached hydrogen (secondary N) is 1. The molecule has 96 valence electrons. The number of nitrogens with two attached hydrogens (primary N) is 2. The second-order valence-electron chi connectivity index (χ2n) is 3.95. The van der Waals surface area contributed by atoms with Crippen molar-refractivity contribution in [2.75, 3.05) is 11.2 Å². The van der Waals surface area contributed by atoms with Gasteiger partial charge in [0.25, 0.3) is 0 Å². The van der Waals surface area contributed by atoms with Crippen molar-refractivity contribution in [2.24, 2.45) is 5.84 Å². The van der Waals surface area contributed by atoms with Gasteiger partial charge >= 0.3 is 0 Å². The lowest BCUT2D eigenvalue weighted by molar-refractivity contribution is 0.459. The number of aromatic nitrogens is 4. The van der Waals surface area contributed by atoms with Crippen LogP contribution in [0.5, 0.6) is 11.6 Å². The third-order valence-electron chi connectivity index (χ3n) is 2.20. The zero-order valence-electron chi connectivity index (χ0n) is 10.2. The zero-order valence-corrected chi connectivity index (χ0v) is 10.2. The average molecular weight is 249 g/mol. The van der Waals surface area contributed by atoms with Crippen LogP contribution in [0.2, 0.25) is 0 Å². The minimum atomic E-state index is 0.0803. The van der Waals surface area contributed by atoms with Crippen LogP contribution in [0, 0.1) is 0 Å². The molecule has 2 rings (SSSR count). The van der Waals surface area contributed by atoms with Gasteiger partial charge in [0.15, 0.2) is 5.75 Å². The van der Waals surface area contributed by atoms with E-state index in [0.717, 1.165) is 0 Å². The van der Waals surface area contributed by atoms with E-state index in [9.17, 15) is 0 Å². The Morgan fingerprint density at radius 3 is 2.78 bits per heavy atom. The lowest BCUT2D eigenvalue weighted by Crippen LogP contribution is -2.10. The molecule has 8 nitrogen and oxygen atoms in total. The van der Waals surface area contributed by atoms with E-state index in [2.05, 4.69) is 20.5 Å². The summed E-state index contributed by atoms with van der Waals surface area (Å²) in [7, 11) is 0. The van der Waals surface area contributed by atoms with Crippen LogP contribution in [0.15, 0.2) is 18.5 Å². The first-order valence-electron chi connectivity index (χ1n) is 5.41. The molecule has 0 spiro atoms. The van der Waals surface area contributed by atoms with Crippen LogP contribution in [0.1, 0.15) is 19.9 Å². The van der Waals surface area contributed by atoms with Crippen LogP contribution in [0.25, 0.3) is 0 Å². The van der Waals surface area contributed by atoms with Crippen molar-refractivity contribution < 1.29 is 4.74 Å². The van der Waals surface area contributed by atoms with Gasteiger partial charge in [0.05, 0.1) is 12.4 Å². The number of ether oxygens (including phenoxy) is 1. The molecule has 0 aliphatic rings. The quantitative estimate of drug-likeness (QED) is 0.544. The standard InChI is InChI=1S/C10H15N7O/c1-6(2)17-5-7(4-13-17)18-9-3-8(16-12)14-10(11)15-9/h3-6H,12H2,1-2H3,(H3,11,14,15,16). The maximum atomic E-state index is 5.52. The maximum Gasteiger partial charge on any atom is 0.226 e. The van der Waals surface area contributed by atoms with Crippen molar-refractivity contribution in [2.45, 2.75) is 19.9 Å². The van der Waals surface area contributed by atoms with E-state index in [4.69, 9.17) is 16.3 Å². The third-order valence-corrected chi connectivity index (χ3v) is 2.20. The summed E-state index contributed by atoms with van der Waals surface area (Å²) in [5.41, 5.74) is 7.91. The highest BCUT2D eigenvalue weighted by Gasteiger charge is 2.07. The van der Waals surface area contributed by atoms with E-state index in [1.54, 1.807) is 23.1 Å². The molecule has 2 aromatic rings. The van der Waals surface area contributed by atoms with Crippen LogP contribution in [0.4, 0.5) is 11.8 Å². The molecule has 0 aliphatic heterocycles. The summed E-state index contributed by atoms with van der Waals surface area (Å²) < 4.78 is 7.30. The number of rotatable bonds is 4. The van der Waals surface area contributed by atoms with Gasteiger partial charge in [-0.1, -0.05) is 0 Å². The van der Waals surface area contributed by atoms with Gasteiger partial charge in [0.2, 0.25) is 11.8 Å². The predicted molar refractivity (Wildman–Crippen MR) is 66.9 cm³/mol. The van der Waals surface area contributed by atoms with Crippen molar-refractivity contribution in [3.05, 3.63) is 18.5 Å². The molecule has 0 aromatic carbocycles. The Kier molecular flexibility index (Phi) is 3.28. The molecule has 8 heteroatoms. The minimum absolute atomic E-state index is 0.0803. The molecule has 2 heterocycles. The molecule has 0 fully saturated rings. The summed E-state index contributed by atoms with van der Waals surface area (Å²) in [5.74, 6) is 6.60. The van der Waals surface area contributed by atoms with E-state index in [-0.39, 0.29) is 12.0 Å². The smallest absolute Gasteiger partial charge is 0.226 e. The highest BCUT2D eigenvalue weighted by molar-refractivity contribution is 5.42. The fourth-order valence-corrected chi connectivity index (χ4v) is 1.35. The van der Waals surface area contributed by atoms with Crippen molar-refractivity contribution >= 4 is 11.8 Å². The zero-order chi connectivity index (χ0) is 13.1. The normalized spacial score (nSPS) is 10.7. The fourth-order valence-electron chi connectivity index (χ4n) is 1.35. The Hall–Kier alpha value is -2.35. The van der Waals surface area contributed by atoms with Crippen molar-refractivity contribution in [1.29, 1.82) is 0 Å². The molecule has 0 unspecified atom stereocenters. The number of hydrogen-bond donors (Lipinski definition) is 3. The SMILES string of the molecule is CC(C)n1cc(Oc2cc(NN)nc(N)n2)cn1. The van der Waals surface area contributed by atoms with E-state index in [1.807, 2.05) is 13.8 Å². The van der Waals surface area contributed by atoms with Gasteiger partial charge in [-0.25, -0.2) is 5.84 Å². The Morgan fingerprint density at radius 1 is 1.39 bits per heavy atom. The first kappa shape index (κ1) is 12.1. The van der Waals surface area contributed by atoms with E-state index in [0.29, 0.717) is 17.4 Å². The van der Waals surface area contributed by atoms with Gasteiger partial charge in [-0.05, 0) is 13.8 Å². The largest absolute Gasteiger partial charge is 0.435 e. The van der Waals surface area contributed by atoms with E-state index in [1.165, 1.54) is 0 Å². The molecule has 0 saturated carbocycles. The maximum absolute atomic E-state index is 5.52. The summed E-state index contributed by atoms with van der Waals surface area (Å²) in [5, 5.41) is 4.15. The number of anilines is 2. The topological polar surface area (TPSA) is 117 Å². The minimum Gasteiger partial charge on any atom is -0.435 e. The Morgan fingerprint density at radius 2 is 2.17 bits per heavy atom. The van der Waals surface area contributed by atoms with Gasteiger partial charge in [0.1, 0.15) is 5.82 Å². The lowest BCUT2D eigenvalue weighted by atomic mass is 10.4. The number of nitrogen functional groups attached to an aromatic ring is 2. The Labute approximate surface area is 104 Å². The van der Waals surface area contributed by atoms with E-state index >= 15 is 0 Å². The molecule has 0 aliphatic carbocycles.